The van der Waals surface area contributed by atoms with Gasteiger partial charge in [0.2, 0.25) is 11.7 Å². The average molecular weight is 459 g/mol. The van der Waals surface area contributed by atoms with E-state index in [4.69, 9.17) is 14.2 Å². The number of nitrogens with one attached hydrogen (secondary N) is 2. The number of ether oxygens (including phenoxy) is 3. The van der Waals surface area contributed by atoms with Crippen LogP contribution < -0.4 is 24.8 Å². The summed E-state index contributed by atoms with van der Waals surface area (Å²) in [4.78, 5) is 25.5. The molecule has 0 saturated heterocycles. The Balaban J connectivity index is 1.46. The summed E-state index contributed by atoms with van der Waals surface area (Å²) in [7, 11) is 1.55. The van der Waals surface area contributed by atoms with Gasteiger partial charge in [-0.15, -0.1) is 0 Å². The molecule has 0 aliphatic carbocycles. The quantitative estimate of drug-likeness (QED) is 0.505. The largest absolute Gasteiger partial charge is 0.493 e. The van der Waals surface area contributed by atoms with Crippen molar-refractivity contribution in [3.63, 3.8) is 0 Å². The molecular weight excluding hydrogens is 432 g/mol. The van der Waals surface area contributed by atoms with Crippen LogP contribution in [-0.4, -0.2) is 32.1 Å². The first-order valence-corrected chi connectivity index (χ1v) is 11.0. The summed E-state index contributed by atoms with van der Waals surface area (Å²) in [5.74, 6) is 1.02. The van der Waals surface area contributed by atoms with Crippen LogP contribution >= 0.6 is 0 Å². The normalized spacial score (nSPS) is 13.2. The number of hydrogen-bond acceptors (Lipinski definition) is 5. The Bertz CT molecular complexity index is 1190. The molecule has 7 heteroatoms. The Morgan fingerprint density at radius 1 is 1.00 bits per heavy atom. The van der Waals surface area contributed by atoms with E-state index < -0.39 is 0 Å². The molecule has 174 valence electrons. The van der Waals surface area contributed by atoms with Crippen LogP contribution in [0, 0.1) is 0 Å². The number of carbonyl (C=O) groups is 2. The lowest BCUT2D eigenvalue weighted by molar-refractivity contribution is -0.111. The molecule has 2 N–H and O–H groups in total. The molecule has 0 bridgehead atoms. The van der Waals surface area contributed by atoms with Gasteiger partial charge in [0, 0.05) is 6.08 Å². The fraction of sp³-hybridized carbons (Fsp3) is 0.185. The van der Waals surface area contributed by atoms with Crippen LogP contribution in [0.15, 0.2) is 72.8 Å². The van der Waals surface area contributed by atoms with Crippen molar-refractivity contribution in [3.8, 4) is 17.2 Å². The Labute approximate surface area is 198 Å². The van der Waals surface area contributed by atoms with Crippen molar-refractivity contribution in [2.75, 3.05) is 25.6 Å². The van der Waals surface area contributed by atoms with E-state index in [1.807, 2.05) is 37.3 Å². The highest BCUT2D eigenvalue weighted by Crippen LogP contribution is 2.40. The minimum atomic E-state index is -0.370. The minimum Gasteiger partial charge on any atom is -0.493 e. The summed E-state index contributed by atoms with van der Waals surface area (Å²) >= 11 is 0. The van der Waals surface area contributed by atoms with E-state index in [0.29, 0.717) is 41.7 Å². The number of anilines is 1. The number of para-hydroxylation sites is 1. The molecule has 3 aromatic carbocycles. The molecule has 34 heavy (non-hydrogen) atoms. The highest BCUT2D eigenvalue weighted by Gasteiger charge is 2.18. The number of hydrogen-bond donors (Lipinski definition) is 2. The lowest BCUT2D eigenvalue weighted by Gasteiger charge is -2.20. The third-order valence-corrected chi connectivity index (χ3v) is 5.35. The van der Waals surface area contributed by atoms with Crippen molar-refractivity contribution < 1.29 is 23.8 Å². The number of fused-ring (bicyclic) bond motifs is 1. The second-order valence-electron chi connectivity index (χ2n) is 7.72. The van der Waals surface area contributed by atoms with E-state index in [-0.39, 0.29) is 17.9 Å². The predicted octanol–water partition coefficient (Wildman–Crippen LogP) is 4.61. The van der Waals surface area contributed by atoms with Gasteiger partial charge in [-0.1, -0.05) is 42.5 Å². The predicted molar refractivity (Wildman–Crippen MR) is 130 cm³/mol. The maximum Gasteiger partial charge on any atom is 0.253 e. The Kier molecular flexibility index (Phi) is 7.13. The topological polar surface area (TPSA) is 85.9 Å². The zero-order valence-electron chi connectivity index (χ0n) is 19.0. The minimum absolute atomic E-state index is 0.178. The average Bonchev–Trinajstić information content (AvgIpc) is 2.87. The molecule has 1 aliphatic heterocycles. The fourth-order valence-corrected chi connectivity index (χ4v) is 3.63. The van der Waals surface area contributed by atoms with Gasteiger partial charge in [0.05, 0.1) is 24.4 Å². The van der Waals surface area contributed by atoms with Crippen molar-refractivity contribution in [3.05, 3.63) is 89.5 Å². The van der Waals surface area contributed by atoms with E-state index in [1.54, 1.807) is 49.6 Å². The molecule has 2 amide bonds. The smallest absolute Gasteiger partial charge is 0.253 e. The molecule has 7 nitrogen and oxygen atoms in total. The van der Waals surface area contributed by atoms with Gasteiger partial charge in [0.1, 0.15) is 13.2 Å². The van der Waals surface area contributed by atoms with E-state index in [9.17, 15) is 9.59 Å². The zero-order valence-corrected chi connectivity index (χ0v) is 19.0. The van der Waals surface area contributed by atoms with Crippen LogP contribution in [-0.2, 0) is 4.79 Å². The van der Waals surface area contributed by atoms with E-state index in [1.165, 1.54) is 6.08 Å². The highest BCUT2D eigenvalue weighted by atomic mass is 16.6. The number of amides is 2. The summed E-state index contributed by atoms with van der Waals surface area (Å²) in [6, 6.07) is 20.0. The summed E-state index contributed by atoms with van der Waals surface area (Å²) in [6.07, 6.45) is 3.04. The Hall–Kier alpha value is -4.26. The molecule has 0 radical (unpaired) electrons. The summed E-state index contributed by atoms with van der Waals surface area (Å²) < 4.78 is 16.6. The zero-order chi connectivity index (χ0) is 23.9. The Morgan fingerprint density at radius 3 is 2.53 bits per heavy atom. The van der Waals surface area contributed by atoms with Crippen LogP contribution in [0.1, 0.15) is 34.5 Å². The SMILES string of the molecule is COc1cc(/C=C\C(=O)Nc2ccccc2C(=O)N[C@@H](C)c2ccccc2)cc2c1OCCO2. The standard InChI is InChI=1S/C27H26N2O5/c1-18(20-8-4-3-5-9-20)28-27(31)21-10-6-7-11-22(21)29-25(30)13-12-19-16-23(32-2)26-24(17-19)33-14-15-34-26/h3-13,16-18H,14-15H2,1-2H3,(H,28,31)(H,29,30)/b13-12-/t18-/m0/s1. The molecular formula is C27H26N2O5. The first-order valence-electron chi connectivity index (χ1n) is 11.0. The number of methoxy groups -OCH3 is 1. The van der Waals surface area contributed by atoms with Gasteiger partial charge < -0.3 is 24.8 Å². The first kappa shape index (κ1) is 22.9. The second-order valence-corrected chi connectivity index (χ2v) is 7.72. The molecule has 3 aromatic rings. The lowest BCUT2D eigenvalue weighted by atomic mass is 10.1. The van der Waals surface area contributed by atoms with Crippen molar-refractivity contribution in [1.82, 2.24) is 5.32 Å². The summed E-state index contributed by atoms with van der Waals surface area (Å²) in [5, 5.41) is 5.77. The van der Waals surface area contributed by atoms with Crippen LogP contribution in [0.25, 0.3) is 6.08 Å². The first-order chi connectivity index (χ1) is 16.5. The van der Waals surface area contributed by atoms with Crippen LogP contribution in [0.4, 0.5) is 5.69 Å². The molecule has 0 unspecified atom stereocenters. The second kappa shape index (κ2) is 10.6. The van der Waals surface area contributed by atoms with Gasteiger partial charge in [0.25, 0.3) is 5.91 Å². The van der Waals surface area contributed by atoms with Crippen LogP contribution in [0.2, 0.25) is 0 Å². The number of rotatable bonds is 7. The van der Waals surface area contributed by atoms with Gasteiger partial charge in [0.15, 0.2) is 11.5 Å². The van der Waals surface area contributed by atoms with Gasteiger partial charge in [-0.3, -0.25) is 9.59 Å². The summed E-state index contributed by atoms with van der Waals surface area (Å²) in [6.45, 7) is 2.82. The molecule has 1 heterocycles. The highest BCUT2D eigenvalue weighted by molar-refractivity contribution is 6.07. The molecule has 0 fully saturated rings. The van der Waals surface area contributed by atoms with Gasteiger partial charge in [-0.25, -0.2) is 0 Å². The third kappa shape index (κ3) is 5.38. The van der Waals surface area contributed by atoms with Crippen LogP contribution in [0.3, 0.4) is 0 Å². The molecule has 0 saturated carbocycles. The molecule has 1 aliphatic rings. The van der Waals surface area contributed by atoms with Gasteiger partial charge in [-0.2, -0.15) is 0 Å². The molecule has 1 atom stereocenters. The van der Waals surface area contributed by atoms with E-state index >= 15 is 0 Å². The van der Waals surface area contributed by atoms with E-state index in [2.05, 4.69) is 10.6 Å². The van der Waals surface area contributed by atoms with Gasteiger partial charge >= 0.3 is 0 Å². The number of benzene rings is 3. The van der Waals surface area contributed by atoms with Crippen molar-refractivity contribution in [1.29, 1.82) is 0 Å². The maximum absolute atomic E-state index is 12.9. The summed E-state index contributed by atoms with van der Waals surface area (Å²) in [5.41, 5.74) is 2.52. The third-order valence-electron chi connectivity index (χ3n) is 5.35. The lowest BCUT2D eigenvalue weighted by Crippen LogP contribution is -2.27. The molecule has 0 aromatic heterocycles. The van der Waals surface area contributed by atoms with Crippen LogP contribution in [0.5, 0.6) is 17.2 Å². The van der Waals surface area contributed by atoms with E-state index in [0.717, 1.165) is 11.1 Å². The van der Waals surface area contributed by atoms with Gasteiger partial charge in [-0.05, 0) is 48.4 Å². The molecule has 0 spiro atoms. The van der Waals surface area contributed by atoms with Crippen molar-refractivity contribution in [2.45, 2.75) is 13.0 Å². The number of carbonyl (C=O) groups excluding carboxylic acids is 2. The maximum atomic E-state index is 12.9. The Morgan fingerprint density at radius 2 is 1.74 bits per heavy atom. The molecule has 4 rings (SSSR count). The monoisotopic (exact) mass is 458 g/mol. The fourth-order valence-electron chi connectivity index (χ4n) is 3.63. The van der Waals surface area contributed by atoms with Crippen molar-refractivity contribution >= 4 is 23.6 Å². The van der Waals surface area contributed by atoms with Crippen molar-refractivity contribution in [2.24, 2.45) is 0 Å².